The fourth-order valence-corrected chi connectivity index (χ4v) is 4.06. The SMILES string of the molecule is CN1CCC(C(=O)Nc2ccc3c(-c4ccc5ncccc5c4)c[nH]c3n2)CC1. The van der Waals surface area contributed by atoms with Gasteiger partial charge in [-0.1, -0.05) is 12.1 Å². The number of carbonyl (C=O) groups excluding carboxylic acids is 1. The average Bonchev–Trinajstić information content (AvgIpc) is 3.17. The summed E-state index contributed by atoms with van der Waals surface area (Å²) in [6, 6.07) is 14.2. The quantitative estimate of drug-likeness (QED) is 0.558. The summed E-state index contributed by atoms with van der Waals surface area (Å²) in [6.07, 6.45) is 5.57. The van der Waals surface area contributed by atoms with E-state index in [9.17, 15) is 4.79 Å². The average molecular weight is 385 g/mol. The predicted octanol–water partition coefficient (Wildman–Crippen LogP) is 4.06. The van der Waals surface area contributed by atoms with Crippen LogP contribution in [-0.2, 0) is 4.79 Å². The zero-order chi connectivity index (χ0) is 19.8. The van der Waals surface area contributed by atoms with Gasteiger partial charge in [-0.15, -0.1) is 0 Å². The third kappa shape index (κ3) is 3.47. The lowest BCUT2D eigenvalue weighted by Crippen LogP contribution is -2.36. The lowest BCUT2D eigenvalue weighted by atomic mass is 9.96. The Morgan fingerprint density at radius 1 is 1.17 bits per heavy atom. The molecule has 1 aromatic carbocycles. The van der Waals surface area contributed by atoms with Gasteiger partial charge in [0.25, 0.3) is 0 Å². The first-order valence-electron chi connectivity index (χ1n) is 10.00. The molecule has 1 aliphatic rings. The Bertz CT molecular complexity index is 1190. The van der Waals surface area contributed by atoms with Gasteiger partial charge in [0.05, 0.1) is 5.52 Å². The van der Waals surface area contributed by atoms with Crippen molar-refractivity contribution in [1.82, 2.24) is 19.9 Å². The molecule has 1 aliphatic heterocycles. The van der Waals surface area contributed by atoms with Crippen LogP contribution in [0.5, 0.6) is 0 Å². The Morgan fingerprint density at radius 2 is 2.03 bits per heavy atom. The van der Waals surface area contributed by atoms with Gasteiger partial charge in [-0.25, -0.2) is 4.98 Å². The molecule has 3 aromatic heterocycles. The number of H-pyrrole nitrogens is 1. The van der Waals surface area contributed by atoms with Crippen LogP contribution >= 0.6 is 0 Å². The number of rotatable bonds is 3. The lowest BCUT2D eigenvalue weighted by molar-refractivity contribution is -0.121. The van der Waals surface area contributed by atoms with Crippen LogP contribution in [0.1, 0.15) is 12.8 Å². The second-order valence-corrected chi connectivity index (χ2v) is 7.77. The summed E-state index contributed by atoms with van der Waals surface area (Å²) in [4.78, 5) is 27.1. The van der Waals surface area contributed by atoms with Crippen LogP contribution in [0.25, 0.3) is 33.1 Å². The number of anilines is 1. The van der Waals surface area contributed by atoms with Crippen LogP contribution in [0, 0.1) is 5.92 Å². The number of aromatic amines is 1. The van der Waals surface area contributed by atoms with Crippen molar-refractivity contribution in [1.29, 1.82) is 0 Å². The van der Waals surface area contributed by atoms with Crippen molar-refractivity contribution in [2.75, 3.05) is 25.5 Å². The molecular formula is C23H23N5O. The van der Waals surface area contributed by atoms with Gasteiger partial charge in [-0.3, -0.25) is 9.78 Å². The number of nitrogens with one attached hydrogen (secondary N) is 2. The van der Waals surface area contributed by atoms with Crippen LogP contribution in [0.3, 0.4) is 0 Å². The van der Waals surface area contributed by atoms with Crippen molar-refractivity contribution in [2.24, 2.45) is 5.92 Å². The molecule has 5 rings (SSSR count). The minimum absolute atomic E-state index is 0.0640. The zero-order valence-electron chi connectivity index (χ0n) is 16.4. The third-order valence-corrected chi connectivity index (χ3v) is 5.79. The Kier molecular flexibility index (Phi) is 4.48. The molecule has 4 heterocycles. The number of carbonyl (C=O) groups is 1. The summed E-state index contributed by atoms with van der Waals surface area (Å²) in [5, 5.41) is 5.13. The van der Waals surface area contributed by atoms with Gasteiger partial charge in [0, 0.05) is 34.6 Å². The number of hydrogen-bond donors (Lipinski definition) is 2. The topological polar surface area (TPSA) is 73.9 Å². The number of benzene rings is 1. The lowest BCUT2D eigenvalue weighted by Gasteiger charge is -2.27. The number of pyridine rings is 2. The molecule has 29 heavy (non-hydrogen) atoms. The number of aromatic nitrogens is 3. The standard InChI is InChI=1S/C23H23N5O/c1-28-11-8-15(9-12-28)23(29)27-21-7-5-18-19(14-25-22(18)26-21)16-4-6-20-17(13-16)3-2-10-24-20/h2-7,10,13-15H,8-9,11-12H2,1H3,(H2,25,26,27,29). The molecular weight excluding hydrogens is 362 g/mol. The normalized spacial score (nSPS) is 15.8. The Balaban J connectivity index is 1.40. The highest BCUT2D eigenvalue weighted by Crippen LogP contribution is 2.30. The number of nitrogens with zero attached hydrogens (tertiary/aromatic N) is 3. The first kappa shape index (κ1) is 17.8. The van der Waals surface area contributed by atoms with Crippen LogP contribution in [0.2, 0.25) is 0 Å². The summed E-state index contributed by atoms with van der Waals surface area (Å²) in [7, 11) is 2.10. The van der Waals surface area contributed by atoms with Gasteiger partial charge >= 0.3 is 0 Å². The summed E-state index contributed by atoms with van der Waals surface area (Å²) in [5.74, 6) is 0.727. The van der Waals surface area contributed by atoms with E-state index in [0.29, 0.717) is 5.82 Å². The van der Waals surface area contributed by atoms with Crippen molar-refractivity contribution in [2.45, 2.75) is 12.8 Å². The predicted molar refractivity (Wildman–Crippen MR) is 116 cm³/mol. The van der Waals surface area contributed by atoms with Gasteiger partial charge in [0.15, 0.2) is 0 Å². The molecule has 0 unspecified atom stereocenters. The van der Waals surface area contributed by atoms with E-state index in [-0.39, 0.29) is 11.8 Å². The maximum Gasteiger partial charge on any atom is 0.228 e. The number of hydrogen-bond acceptors (Lipinski definition) is 4. The van der Waals surface area contributed by atoms with Gasteiger partial charge < -0.3 is 15.2 Å². The molecule has 6 nitrogen and oxygen atoms in total. The van der Waals surface area contributed by atoms with E-state index in [4.69, 9.17) is 0 Å². The number of amides is 1. The van der Waals surface area contributed by atoms with Gasteiger partial charge in [0.1, 0.15) is 11.5 Å². The first-order chi connectivity index (χ1) is 14.2. The Hall–Kier alpha value is -3.25. The van der Waals surface area contributed by atoms with Crippen LogP contribution in [0.4, 0.5) is 5.82 Å². The summed E-state index contributed by atoms with van der Waals surface area (Å²) >= 11 is 0. The number of fused-ring (bicyclic) bond motifs is 2. The molecule has 0 atom stereocenters. The van der Waals surface area contributed by atoms with Crippen LogP contribution in [-0.4, -0.2) is 45.9 Å². The molecule has 0 spiro atoms. The largest absolute Gasteiger partial charge is 0.345 e. The minimum Gasteiger partial charge on any atom is -0.345 e. The highest BCUT2D eigenvalue weighted by molar-refractivity contribution is 5.98. The van der Waals surface area contributed by atoms with Crippen molar-refractivity contribution >= 4 is 33.7 Å². The minimum atomic E-state index is 0.0640. The summed E-state index contributed by atoms with van der Waals surface area (Å²) in [5.41, 5.74) is 3.95. The van der Waals surface area contributed by atoms with E-state index in [1.807, 2.05) is 30.5 Å². The summed E-state index contributed by atoms with van der Waals surface area (Å²) in [6.45, 7) is 1.93. The Labute approximate surface area is 169 Å². The number of piperidine rings is 1. The zero-order valence-corrected chi connectivity index (χ0v) is 16.4. The van der Waals surface area contributed by atoms with E-state index in [1.165, 1.54) is 0 Å². The smallest absolute Gasteiger partial charge is 0.228 e. The molecule has 0 saturated carbocycles. The van der Waals surface area contributed by atoms with E-state index >= 15 is 0 Å². The highest BCUT2D eigenvalue weighted by atomic mass is 16.1. The number of likely N-dealkylation sites (tertiary alicyclic amines) is 1. The van der Waals surface area contributed by atoms with Crippen molar-refractivity contribution < 1.29 is 4.79 Å². The molecule has 4 aromatic rings. The van der Waals surface area contributed by atoms with Crippen LogP contribution in [0.15, 0.2) is 54.9 Å². The Morgan fingerprint density at radius 3 is 2.90 bits per heavy atom. The second kappa shape index (κ2) is 7.29. The first-order valence-corrected chi connectivity index (χ1v) is 10.00. The maximum atomic E-state index is 12.6. The second-order valence-electron chi connectivity index (χ2n) is 7.77. The van der Waals surface area contributed by atoms with Gasteiger partial charge in [0.2, 0.25) is 5.91 Å². The fraction of sp³-hybridized carbons (Fsp3) is 0.261. The van der Waals surface area contributed by atoms with Crippen molar-refractivity contribution in [3.63, 3.8) is 0 Å². The molecule has 0 aliphatic carbocycles. The van der Waals surface area contributed by atoms with Gasteiger partial charge in [-0.2, -0.15) is 0 Å². The molecule has 1 fully saturated rings. The molecule has 146 valence electrons. The fourth-order valence-electron chi connectivity index (χ4n) is 4.06. The molecule has 2 N–H and O–H groups in total. The van der Waals surface area contributed by atoms with E-state index in [0.717, 1.165) is 59.0 Å². The molecule has 1 saturated heterocycles. The van der Waals surface area contributed by atoms with Crippen molar-refractivity contribution in [3.05, 3.63) is 54.9 Å². The monoisotopic (exact) mass is 385 g/mol. The third-order valence-electron chi connectivity index (χ3n) is 5.79. The van der Waals surface area contributed by atoms with E-state index in [2.05, 4.69) is 50.4 Å². The molecule has 0 bridgehead atoms. The summed E-state index contributed by atoms with van der Waals surface area (Å²) < 4.78 is 0. The molecule has 6 heteroatoms. The van der Waals surface area contributed by atoms with Crippen LogP contribution < -0.4 is 5.32 Å². The van der Waals surface area contributed by atoms with Crippen molar-refractivity contribution in [3.8, 4) is 11.1 Å². The molecule has 0 radical (unpaired) electrons. The van der Waals surface area contributed by atoms with Gasteiger partial charge in [-0.05, 0) is 68.9 Å². The maximum absolute atomic E-state index is 12.6. The molecule has 1 amide bonds. The van der Waals surface area contributed by atoms with E-state index in [1.54, 1.807) is 6.20 Å². The van der Waals surface area contributed by atoms with E-state index < -0.39 is 0 Å². The highest BCUT2D eigenvalue weighted by Gasteiger charge is 2.23.